The first-order chi connectivity index (χ1) is 29.5. The van der Waals surface area contributed by atoms with Crippen molar-refractivity contribution in [2.24, 2.45) is 0 Å². The van der Waals surface area contributed by atoms with Gasteiger partial charge >= 0.3 is 0 Å². The van der Waals surface area contributed by atoms with Crippen LogP contribution in [-0.4, -0.2) is 9.55 Å². The van der Waals surface area contributed by atoms with Crippen LogP contribution in [-0.2, 0) is 0 Å². The number of hydrogen-bond donors (Lipinski definition) is 0. The fourth-order valence-electron chi connectivity index (χ4n) is 8.30. The van der Waals surface area contributed by atoms with Gasteiger partial charge in [-0.2, -0.15) is 0 Å². The quantitative estimate of drug-likeness (QED) is 0.146. The van der Waals surface area contributed by atoms with Crippen LogP contribution in [0.5, 0.6) is 0 Å². The van der Waals surface area contributed by atoms with Crippen LogP contribution >= 0.6 is 0 Å². The molecular weight excluding hydrogens is 727 g/mol. The zero-order valence-corrected chi connectivity index (χ0v) is 34.0. The molecule has 0 N–H and O–H groups in total. The lowest BCUT2D eigenvalue weighted by atomic mass is 9.96. The predicted molar refractivity (Wildman–Crippen MR) is 254 cm³/mol. The monoisotopic (exact) mass is 771 g/mol. The number of nitrogens with zero attached hydrogens (tertiary/aromatic N) is 3. The van der Waals surface area contributed by atoms with E-state index in [1.807, 2.05) is 0 Å². The van der Waals surface area contributed by atoms with Crippen LogP contribution in [0.2, 0.25) is 0 Å². The van der Waals surface area contributed by atoms with Crippen molar-refractivity contribution in [3.63, 3.8) is 0 Å². The Bertz CT molecular complexity index is 2920. The summed E-state index contributed by atoms with van der Waals surface area (Å²) < 4.78 is 2.33. The summed E-state index contributed by atoms with van der Waals surface area (Å²) in [5.74, 6) is 0.990. The molecule has 0 fully saturated rings. The molecule has 0 atom stereocenters. The molecule has 288 valence electrons. The summed E-state index contributed by atoms with van der Waals surface area (Å²) in [6, 6.07) is 70.3. The Labute approximate surface area is 352 Å². The van der Waals surface area contributed by atoms with Crippen molar-refractivity contribution in [2.45, 2.75) is 26.7 Å². The lowest BCUT2D eigenvalue weighted by Gasteiger charge is -2.26. The molecule has 0 amide bonds. The average Bonchev–Trinajstić information content (AvgIpc) is 3.71. The van der Waals surface area contributed by atoms with Crippen LogP contribution < -0.4 is 4.90 Å². The summed E-state index contributed by atoms with van der Waals surface area (Å²) in [6.45, 7) is 4.26. The molecule has 1 aromatic heterocycles. The van der Waals surface area contributed by atoms with E-state index >= 15 is 0 Å². The Balaban J connectivity index is 0.826. The van der Waals surface area contributed by atoms with Crippen LogP contribution in [0, 0.1) is 13.8 Å². The highest BCUT2D eigenvalue weighted by Crippen LogP contribution is 2.37. The molecule has 1 aliphatic rings. The Morgan fingerprint density at radius 3 is 1.18 bits per heavy atom. The third kappa shape index (κ3) is 7.38. The molecule has 0 aliphatic heterocycles. The van der Waals surface area contributed by atoms with E-state index in [-0.39, 0.29) is 0 Å². The van der Waals surface area contributed by atoms with E-state index in [1.54, 1.807) is 0 Å². The minimum absolute atomic E-state index is 0.990. The van der Waals surface area contributed by atoms with Gasteiger partial charge in [-0.3, -0.25) is 4.57 Å². The van der Waals surface area contributed by atoms with E-state index < -0.39 is 0 Å². The fraction of sp³-hybridized carbons (Fsp3) is 0.0702. The Kier molecular flexibility index (Phi) is 9.85. The van der Waals surface area contributed by atoms with Crippen LogP contribution in [0.3, 0.4) is 0 Å². The van der Waals surface area contributed by atoms with Gasteiger partial charge in [-0.05, 0) is 126 Å². The van der Waals surface area contributed by atoms with E-state index in [0.29, 0.717) is 0 Å². The summed E-state index contributed by atoms with van der Waals surface area (Å²) in [5, 5.41) is 0. The Morgan fingerprint density at radius 1 is 0.417 bits per heavy atom. The summed E-state index contributed by atoms with van der Waals surface area (Å²) >= 11 is 0. The number of imidazole rings is 1. The van der Waals surface area contributed by atoms with Crippen LogP contribution in [0.15, 0.2) is 212 Å². The summed E-state index contributed by atoms with van der Waals surface area (Å²) in [6.07, 6.45) is 8.66. The van der Waals surface area contributed by atoms with E-state index in [0.717, 1.165) is 52.3 Å². The van der Waals surface area contributed by atoms with Crippen molar-refractivity contribution in [3.05, 3.63) is 223 Å². The van der Waals surface area contributed by atoms with E-state index in [9.17, 15) is 0 Å². The van der Waals surface area contributed by atoms with E-state index in [1.165, 1.54) is 61.3 Å². The summed E-state index contributed by atoms with van der Waals surface area (Å²) in [7, 11) is 0. The smallest absolute Gasteiger partial charge is 0.145 e. The molecule has 10 rings (SSSR count). The lowest BCUT2D eigenvalue weighted by Crippen LogP contribution is -2.09. The molecule has 3 nitrogen and oxygen atoms in total. The molecule has 60 heavy (non-hydrogen) atoms. The van der Waals surface area contributed by atoms with Crippen LogP contribution in [0.4, 0.5) is 17.1 Å². The van der Waals surface area contributed by atoms with Gasteiger partial charge in [-0.25, -0.2) is 4.98 Å². The number of aryl methyl sites for hydroxylation is 2. The number of anilines is 3. The van der Waals surface area contributed by atoms with E-state index in [2.05, 4.69) is 236 Å². The number of para-hydroxylation sites is 2. The maximum atomic E-state index is 5.07. The molecular formula is C57H45N3. The lowest BCUT2D eigenvalue weighted by molar-refractivity contribution is 0.960. The molecule has 0 spiro atoms. The van der Waals surface area contributed by atoms with Crippen molar-refractivity contribution in [1.29, 1.82) is 0 Å². The van der Waals surface area contributed by atoms with Gasteiger partial charge in [0.15, 0.2) is 0 Å². The number of fused-ring (bicyclic) bond motifs is 1. The number of aromatic nitrogens is 2. The topological polar surface area (TPSA) is 21.1 Å². The SMILES string of the molecule is Cc1ccc(N(c2ccc(C)cc2)c2ccc(-c3ccc(-c4ccc(-c5ccc(-c6ccc(-c7nc8ccccc8n7C7=CC=CCC7)cc6)cc5)cc4)cc3)cc2)cc1. The van der Waals surface area contributed by atoms with Gasteiger partial charge in [0.1, 0.15) is 5.82 Å². The van der Waals surface area contributed by atoms with E-state index in [4.69, 9.17) is 4.98 Å². The number of allylic oxidation sites excluding steroid dienone is 4. The second-order valence-electron chi connectivity index (χ2n) is 15.7. The highest BCUT2D eigenvalue weighted by atomic mass is 15.1. The van der Waals surface area contributed by atoms with Gasteiger partial charge in [-0.15, -0.1) is 0 Å². The highest BCUT2D eigenvalue weighted by Gasteiger charge is 2.17. The summed E-state index contributed by atoms with van der Waals surface area (Å²) in [4.78, 5) is 7.39. The van der Waals surface area contributed by atoms with Crippen LogP contribution in [0.1, 0.15) is 24.0 Å². The first-order valence-corrected chi connectivity index (χ1v) is 20.8. The molecule has 0 saturated heterocycles. The highest BCUT2D eigenvalue weighted by molar-refractivity contribution is 5.86. The Morgan fingerprint density at radius 2 is 0.783 bits per heavy atom. The van der Waals surface area contributed by atoms with Crippen molar-refractivity contribution >= 4 is 33.8 Å². The number of hydrogen-bond acceptors (Lipinski definition) is 2. The normalized spacial score (nSPS) is 12.4. The van der Waals surface area contributed by atoms with Gasteiger partial charge in [0.2, 0.25) is 0 Å². The van der Waals surface area contributed by atoms with Crippen molar-refractivity contribution < 1.29 is 0 Å². The fourth-order valence-corrected chi connectivity index (χ4v) is 8.30. The van der Waals surface area contributed by atoms with Gasteiger partial charge < -0.3 is 4.90 Å². The van der Waals surface area contributed by atoms with Gasteiger partial charge in [-0.1, -0.05) is 169 Å². The number of benzene rings is 8. The molecule has 1 heterocycles. The van der Waals surface area contributed by atoms with Gasteiger partial charge in [0.25, 0.3) is 0 Å². The average molecular weight is 772 g/mol. The first-order valence-electron chi connectivity index (χ1n) is 20.8. The molecule has 0 unspecified atom stereocenters. The van der Waals surface area contributed by atoms with Crippen molar-refractivity contribution in [1.82, 2.24) is 9.55 Å². The minimum Gasteiger partial charge on any atom is -0.311 e. The molecule has 9 aromatic rings. The van der Waals surface area contributed by atoms with Crippen LogP contribution in [0.25, 0.3) is 72.6 Å². The van der Waals surface area contributed by atoms with Gasteiger partial charge in [0.05, 0.1) is 11.0 Å². The van der Waals surface area contributed by atoms with Crippen molar-refractivity contribution in [2.75, 3.05) is 4.90 Å². The molecule has 1 aliphatic carbocycles. The molecule has 0 saturated carbocycles. The maximum Gasteiger partial charge on any atom is 0.145 e. The van der Waals surface area contributed by atoms with Gasteiger partial charge in [0, 0.05) is 28.3 Å². The third-order valence-electron chi connectivity index (χ3n) is 11.7. The molecule has 0 bridgehead atoms. The zero-order valence-electron chi connectivity index (χ0n) is 34.0. The second kappa shape index (κ2) is 16.0. The zero-order chi connectivity index (χ0) is 40.4. The number of rotatable bonds is 9. The van der Waals surface area contributed by atoms with Crippen molar-refractivity contribution in [3.8, 4) is 55.9 Å². The standard InChI is InChI=1S/C57H45N3/c1-40-12-34-52(35-13-40)59(53-36-14-41(2)15-37-53)54-38-32-49(33-39-54)47-26-24-45(25-27-47)43-18-16-42(17-19-43)44-20-22-46(23-21-44)48-28-30-50(31-29-48)57-58-55-10-6-7-11-56(55)60(57)51-8-4-3-5-9-51/h3-4,6-8,10-39H,5,9H2,1-2H3. The molecule has 8 aromatic carbocycles. The first kappa shape index (κ1) is 36.8. The minimum atomic E-state index is 0.990. The largest absolute Gasteiger partial charge is 0.311 e. The second-order valence-corrected chi connectivity index (χ2v) is 15.7. The summed E-state index contributed by atoms with van der Waals surface area (Å²) in [5.41, 5.74) is 20.1. The Hall–Kier alpha value is -7.49. The molecule has 3 heteroatoms. The maximum absolute atomic E-state index is 5.07. The third-order valence-corrected chi connectivity index (χ3v) is 11.7. The predicted octanol–water partition coefficient (Wildman–Crippen LogP) is 15.6. The molecule has 0 radical (unpaired) electrons.